The maximum atomic E-state index is 12.7. The Labute approximate surface area is 133 Å². The summed E-state index contributed by atoms with van der Waals surface area (Å²) < 4.78 is 0. The van der Waals surface area contributed by atoms with Crippen LogP contribution >= 0.6 is 11.6 Å². The number of rotatable bonds is 9. The van der Waals surface area contributed by atoms with Crippen molar-refractivity contribution in [3.63, 3.8) is 0 Å². The van der Waals surface area contributed by atoms with Crippen LogP contribution in [0.1, 0.15) is 62.7 Å². The van der Waals surface area contributed by atoms with Crippen molar-refractivity contribution in [1.82, 2.24) is 4.90 Å². The molecule has 0 aliphatic carbocycles. The molecule has 3 nitrogen and oxygen atoms in total. The predicted octanol–water partition coefficient (Wildman–Crippen LogP) is 4.74. The van der Waals surface area contributed by atoms with Gasteiger partial charge in [0.2, 0.25) is 0 Å². The first-order chi connectivity index (χ1) is 10.1. The third-order valence-corrected chi connectivity index (χ3v) is 3.93. The molecule has 0 aromatic heterocycles. The molecule has 1 aromatic rings. The van der Waals surface area contributed by atoms with Gasteiger partial charge in [0.15, 0.2) is 0 Å². The van der Waals surface area contributed by atoms with Crippen LogP contribution in [0.4, 0.5) is 5.69 Å². The monoisotopic (exact) mass is 310 g/mol. The number of halogens is 1. The van der Waals surface area contributed by atoms with Crippen molar-refractivity contribution in [2.24, 2.45) is 0 Å². The average Bonchev–Trinajstić information content (AvgIpc) is 2.45. The number of nitrogens with two attached hydrogens (primary N) is 1. The Kier molecular flexibility index (Phi) is 8.21. The topological polar surface area (TPSA) is 46.3 Å². The summed E-state index contributed by atoms with van der Waals surface area (Å²) in [6.45, 7) is 5.88. The van der Waals surface area contributed by atoms with Crippen LogP contribution in [-0.4, -0.2) is 23.9 Å². The fourth-order valence-corrected chi connectivity index (χ4v) is 2.61. The van der Waals surface area contributed by atoms with Gasteiger partial charge in [-0.05, 0) is 25.0 Å². The molecule has 0 atom stereocenters. The Morgan fingerprint density at radius 1 is 1.10 bits per heavy atom. The molecule has 118 valence electrons. The smallest absolute Gasteiger partial charge is 0.257 e. The lowest BCUT2D eigenvalue weighted by atomic mass is 10.1. The highest BCUT2D eigenvalue weighted by molar-refractivity contribution is 6.34. The quantitative estimate of drug-likeness (QED) is 0.528. The van der Waals surface area contributed by atoms with Crippen LogP contribution in [0.15, 0.2) is 18.2 Å². The summed E-state index contributed by atoms with van der Waals surface area (Å²) in [5.41, 5.74) is 6.85. The molecule has 0 aliphatic heterocycles. The standard InChI is InChI=1S/C17H27ClN2O/c1-3-5-7-12-20(13-8-6-4-2)17(21)16-14(18)10-9-11-15(16)19/h9-11H,3-8,12-13,19H2,1-2H3. The molecular formula is C17H27ClN2O. The second-order valence-electron chi connectivity index (χ2n) is 5.41. The molecule has 0 saturated carbocycles. The Morgan fingerprint density at radius 3 is 2.14 bits per heavy atom. The van der Waals surface area contributed by atoms with Crippen molar-refractivity contribution in [3.8, 4) is 0 Å². The molecule has 2 N–H and O–H groups in total. The maximum Gasteiger partial charge on any atom is 0.257 e. The Balaban J connectivity index is 2.82. The third kappa shape index (κ3) is 5.58. The number of anilines is 1. The molecule has 1 aromatic carbocycles. The second kappa shape index (κ2) is 9.67. The van der Waals surface area contributed by atoms with Crippen molar-refractivity contribution < 1.29 is 4.79 Å². The summed E-state index contributed by atoms with van der Waals surface area (Å²) in [6.07, 6.45) is 6.61. The van der Waals surface area contributed by atoms with Crippen LogP contribution in [0.25, 0.3) is 0 Å². The zero-order valence-corrected chi connectivity index (χ0v) is 14.0. The van der Waals surface area contributed by atoms with E-state index in [-0.39, 0.29) is 5.91 Å². The minimum atomic E-state index is -0.0368. The number of unbranched alkanes of at least 4 members (excludes halogenated alkanes) is 4. The summed E-state index contributed by atoms with van der Waals surface area (Å²) >= 11 is 6.16. The van der Waals surface area contributed by atoms with E-state index in [0.29, 0.717) is 16.3 Å². The lowest BCUT2D eigenvalue weighted by Crippen LogP contribution is -2.33. The van der Waals surface area contributed by atoms with Crippen molar-refractivity contribution >= 4 is 23.2 Å². The van der Waals surface area contributed by atoms with E-state index in [2.05, 4.69) is 13.8 Å². The Bertz CT molecular complexity index is 418. The van der Waals surface area contributed by atoms with Crippen LogP contribution in [0.2, 0.25) is 5.02 Å². The van der Waals surface area contributed by atoms with Gasteiger partial charge < -0.3 is 10.6 Å². The van der Waals surface area contributed by atoms with E-state index >= 15 is 0 Å². The predicted molar refractivity (Wildman–Crippen MR) is 90.8 cm³/mol. The number of carbonyl (C=O) groups is 1. The van der Waals surface area contributed by atoms with E-state index in [4.69, 9.17) is 17.3 Å². The number of hydrogen-bond acceptors (Lipinski definition) is 2. The van der Waals surface area contributed by atoms with Gasteiger partial charge >= 0.3 is 0 Å². The Morgan fingerprint density at radius 2 is 1.67 bits per heavy atom. The van der Waals surface area contributed by atoms with Gasteiger partial charge in [-0.25, -0.2) is 0 Å². The molecule has 21 heavy (non-hydrogen) atoms. The molecule has 0 fully saturated rings. The van der Waals surface area contributed by atoms with E-state index in [9.17, 15) is 4.79 Å². The number of carbonyl (C=O) groups excluding carboxylic acids is 1. The van der Waals surface area contributed by atoms with Gasteiger partial charge in [-0.2, -0.15) is 0 Å². The highest BCUT2D eigenvalue weighted by Gasteiger charge is 2.20. The van der Waals surface area contributed by atoms with Crippen LogP contribution in [0, 0.1) is 0 Å². The Hall–Kier alpha value is -1.22. The van der Waals surface area contributed by atoms with Gasteiger partial charge in [-0.15, -0.1) is 0 Å². The van der Waals surface area contributed by atoms with Gasteiger partial charge in [0.1, 0.15) is 0 Å². The molecular weight excluding hydrogens is 284 g/mol. The van der Waals surface area contributed by atoms with Gasteiger partial charge in [-0.1, -0.05) is 57.2 Å². The van der Waals surface area contributed by atoms with Gasteiger partial charge in [0.25, 0.3) is 5.91 Å². The van der Waals surface area contributed by atoms with E-state index in [0.717, 1.165) is 51.6 Å². The zero-order valence-electron chi connectivity index (χ0n) is 13.2. The normalized spacial score (nSPS) is 10.6. The van der Waals surface area contributed by atoms with Gasteiger partial charge in [-0.3, -0.25) is 4.79 Å². The summed E-state index contributed by atoms with van der Waals surface area (Å²) in [5, 5.41) is 0.441. The summed E-state index contributed by atoms with van der Waals surface area (Å²) in [4.78, 5) is 14.6. The highest BCUT2D eigenvalue weighted by atomic mass is 35.5. The van der Waals surface area contributed by atoms with Crippen molar-refractivity contribution in [3.05, 3.63) is 28.8 Å². The number of hydrogen-bond donors (Lipinski definition) is 1. The maximum absolute atomic E-state index is 12.7. The molecule has 1 amide bonds. The third-order valence-electron chi connectivity index (χ3n) is 3.61. The minimum absolute atomic E-state index is 0.0368. The van der Waals surface area contributed by atoms with Crippen LogP contribution in [-0.2, 0) is 0 Å². The number of nitrogens with zero attached hydrogens (tertiary/aromatic N) is 1. The van der Waals surface area contributed by atoms with E-state index in [1.54, 1.807) is 18.2 Å². The van der Waals surface area contributed by atoms with Gasteiger partial charge in [0, 0.05) is 18.8 Å². The second-order valence-corrected chi connectivity index (χ2v) is 5.82. The molecule has 4 heteroatoms. The molecule has 0 bridgehead atoms. The number of nitrogen functional groups attached to an aromatic ring is 1. The zero-order chi connectivity index (χ0) is 15.7. The molecule has 0 radical (unpaired) electrons. The molecule has 0 spiro atoms. The summed E-state index contributed by atoms with van der Waals surface area (Å²) in [5.74, 6) is -0.0368. The molecule has 0 aliphatic rings. The summed E-state index contributed by atoms with van der Waals surface area (Å²) in [6, 6.07) is 5.23. The first kappa shape index (κ1) is 17.8. The first-order valence-corrected chi connectivity index (χ1v) is 8.32. The van der Waals surface area contributed by atoms with Crippen molar-refractivity contribution in [1.29, 1.82) is 0 Å². The largest absolute Gasteiger partial charge is 0.398 e. The lowest BCUT2D eigenvalue weighted by molar-refractivity contribution is 0.0751. The van der Waals surface area contributed by atoms with E-state index < -0.39 is 0 Å². The number of amides is 1. The fourth-order valence-electron chi connectivity index (χ4n) is 2.34. The first-order valence-electron chi connectivity index (χ1n) is 7.95. The molecule has 0 saturated heterocycles. The lowest BCUT2D eigenvalue weighted by Gasteiger charge is -2.24. The van der Waals surface area contributed by atoms with Crippen LogP contribution < -0.4 is 5.73 Å². The van der Waals surface area contributed by atoms with Crippen molar-refractivity contribution in [2.75, 3.05) is 18.8 Å². The number of benzene rings is 1. The van der Waals surface area contributed by atoms with Crippen LogP contribution in [0.3, 0.4) is 0 Å². The van der Waals surface area contributed by atoms with Gasteiger partial charge in [0.05, 0.1) is 10.6 Å². The van der Waals surface area contributed by atoms with Crippen molar-refractivity contribution in [2.45, 2.75) is 52.4 Å². The average molecular weight is 311 g/mol. The molecule has 1 rings (SSSR count). The van der Waals surface area contributed by atoms with Crippen LogP contribution in [0.5, 0.6) is 0 Å². The minimum Gasteiger partial charge on any atom is -0.398 e. The highest BCUT2D eigenvalue weighted by Crippen LogP contribution is 2.24. The van der Waals surface area contributed by atoms with E-state index in [1.807, 2.05) is 4.90 Å². The fraction of sp³-hybridized carbons (Fsp3) is 0.588. The molecule has 0 unspecified atom stereocenters. The molecule has 0 heterocycles. The summed E-state index contributed by atoms with van der Waals surface area (Å²) in [7, 11) is 0. The SMILES string of the molecule is CCCCCN(CCCCC)C(=O)c1c(N)cccc1Cl. The van der Waals surface area contributed by atoms with E-state index in [1.165, 1.54) is 0 Å².